The fourth-order valence-electron chi connectivity index (χ4n) is 2.38. The van der Waals surface area contributed by atoms with Gasteiger partial charge in [0.15, 0.2) is 0 Å². The van der Waals surface area contributed by atoms with Gasteiger partial charge in [0.2, 0.25) is 5.88 Å². The Balaban J connectivity index is 2.23. The van der Waals surface area contributed by atoms with E-state index < -0.39 is 0 Å². The number of aliphatic hydroxyl groups excluding tert-OH is 2. The van der Waals surface area contributed by atoms with Crippen molar-refractivity contribution >= 4 is 0 Å². The van der Waals surface area contributed by atoms with Gasteiger partial charge in [-0.1, -0.05) is 18.2 Å². The summed E-state index contributed by atoms with van der Waals surface area (Å²) in [5, 5.41) is 18.6. The average molecular weight is 301 g/mol. The minimum Gasteiger partial charge on any atom is -0.478 e. The van der Waals surface area contributed by atoms with Crippen molar-refractivity contribution in [2.45, 2.75) is 39.9 Å². The van der Waals surface area contributed by atoms with E-state index in [9.17, 15) is 10.2 Å². The molecule has 0 unspecified atom stereocenters. The van der Waals surface area contributed by atoms with E-state index in [2.05, 4.69) is 4.98 Å². The van der Waals surface area contributed by atoms with Crippen molar-refractivity contribution in [3.8, 4) is 17.0 Å². The first kappa shape index (κ1) is 16.5. The Bertz CT molecular complexity index is 638. The minimum absolute atomic E-state index is 0.0344. The Kier molecular flexibility index (Phi) is 5.52. The van der Waals surface area contributed by atoms with Crippen LogP contribution in [0.1, 0.15) is 30.2 Å². The summed E-state index contributed by atoms with van der Waals surface area (Å²) < 4.78 is 5.55. The highest BCUT2D eigenvalue weighted by Crippen LogP contribution is 2.29. The zero-order valence-corrected chi connectivity index (χ0v) is 13.3. The van der Waals surface area contributed by atoms with Crippen molar-refractivity contribution in [2.75, 3.05) is 6.61 Å². The molecule has 0 saturated heterocycles. The molecule has 0 bridgehead atoms. The molecule has 4 heteroatoms. The van der Waals surface area contributed by atoms with Gasteiger partial charge in [-0.05, 0) is 43.5 Å². The molecule has 0 amide bonds. The van der Waals surface area contributed by atoms with Crippen LogP contribution in [0.25, 0.3) is 11.1 Å². The molecule has 0 aliphatic heterocycles. The third-order valence-corrected chi connectivity index (χ3v) is 3.75. The Hall–Kier alpha value is -1.91. The number of aryl methyl sites for hydroxylation is 1. The zero-order valence-electron chi connectivity index (χ0n) is 13.3. The van der Waals surface area contributed by atoms with E-state index in [-0.39, 0.29) is 12.7 Å². The third kappa shape index (κ3) is 3.84. The van der Waals surface area contributed by atoms with E-state index in [1.54, 1.807) is 6.92 Å². The Morgan fingerprint density at radius 2 is 1.91 bits per heavy atom. The van der Waals surface area contributed by atoms with E-state index in [0.29, 0.717) is 18.9 Å². The number of aliphatic hydroxyl groups is 2. The van der Waals surface area contributed by atoms with Gasteiger partial charge in [-0.25, -0.2) is 4.98 Å². The van der Waals surface area contributed by atoms with Crippen LogP contribution in [-0.4, -0.2) is 27.9 Å². The van der Waals surface area contributed by atoms with Crippen LogP contribution in [0, 0.1) is 13.8 Å². The van der Waals surface area contributed by atoms with E-state index in [1.165, 1.54) is 0 Å². The maximum absolute atomic E-state index is 9.39. The predicted octanol–water partition coefficient (Wildman–Crippen LogP) is 3.01. The summed E-state index contributed by atoms with van der Waals surface area (Å²) in [5.41, 5.74) is 4.99. The number of hydrogen-bond acceptors (Lipinski definition) is 4. The highest BCUT2D eigenvalue weighted by molar-refractivity contribution is 5.70. The summed E-state index contributed by atoms with van der Waals surface area (Å²) in [6, 6.07) is 9.74. The number of rotatable bonds is 6. The lowest BCUT2D eigenvalue weighted by molar-refractivity contribution is 0.154. The number of benzene rings is 1. The normalized spacial score (nSPS) is 12.2. The van der Waals surface area contributed by atoms with E-state index >= 15 is 0 Å². The summed E-state index contributed by atoms with van der Waals surface area (Å²) in [5.74, 6) is 0.567. The lowest BCUT2D eigenvalue weighted by Gasteiger charge is -2.13. The molecule has 0 radical (unpaired) electrons. The van der Waals surface area contributed by atoms with Crippen molar-refractivity contribution in [3.05, 3.63) is 47.2 Å². The molecule has 2 rings (SSSR count). The molecule has 0 aliphatic carbocycles. The van der Waals surface area contributed by atoms with E-state index in [1.807, 2.05) is 44.2 Å². The van der Waals surface area contributed by atoms with Crippen LogP contribution in [0.4, 0.5) is 0 Å². The monoisotopic (exact) mass is 301 g/mol. The molecule has 2 aromatic rings. The van der Waals surface area contributed by atoms with Gasteiger partial charge in [0.25, 0.3) is 0 Å². The van der Waals surface area contributed by atoms with Crippen LogP contribution in [0.2, 0.25) is 0 Å². The molecule has 0 spiro atoms. The van der Waals surface area contributed by atoms with Crippen molar-refractivity contribution in [1.82, 2.24) is 4.98 Å². The summed E-state index contributed by atoms with van der Waals surface area (Å²) in [7, 11) is 0. The zero-order chi connectivity index (χ0) is 16.1. The fraction of sp³-hybridized carbons (Fsp3) is 0.389. The van der Waals surface area contributed by atoms with E-state index in [0.717, 1.165) is 27.9 Å². The number of aromatic nitrogens is 1. The summed E-state index contributed by atoms with van der Waals surface area (Å²) in [4.78, 5) is 4.48. The van der Waals surface area contributed by atoms with Gasteiger partial charge in [-0.15, -0.1) is 0 Å². The first-order valence-electron chi connectivity index (χ1n) is 7.51. The van der Waals surface area contributed by atoms with Gasteiger partial charge in [-0.2, -0.15) is 0 Å². The van der Waals surface area contributed by atoms with Crippen LogP contribution >= 0.6 is 0 Å². The Morgan fingerprint density at radius 1 is 1.14 bits per heavy atom. The van der Waals surface area contributed by atoms with Gasteiger partial charge < -0.3 is 14.9 Å². The molecule has 4 nitrogen and oxygen atoms in total. The van der Waals surface area contributed by atoms with Crippen LogP contribution in [-0.2, 0) is 6.61 Å². The number of nitrogens with zero attached hydrogens (tertiary/aromatic N) is 1. The molecule has 1 atom stereocenters. The van der Waals surface area contributed by atoms with Crippen molar-refractivity contribution in [3.63, 3.8) is 0 Å². The fourth-order valence-corrected chi connectivity index (χ4v) is 2.38. The van der Waals surface area contributed by atoms with Gasteiger partial charge in [0, 0.05) is 23.7 Å². The average Bonchev–Trinajstić information content (AvgIpc) is 2.48. The summed E-state index contributed by atoms with van der Waals surface area (Å²) in [6.07, 6.45) is 0.212. The minimum atomic E-state index is -0.371. The van der Waals surface area contributed by atoms with Crippen LogP contribution in [0.5, 0.6) is 5.88 Å². The second kappa shape index (κ2) is 7.38. The van der Waals surface area contributed by atoms with Crippen LogP contribution < -0.4 is 4.74 Å². The van der Waals surface area contributed by atoms with Crippen molar-refractivity contribution < 1.29 is 14.9 Å². The topological polar surface area (TPSA) is 62.6 Å². The highest BCUT2D eigenvalue weighted by Gasteiger charge is 2.10. The van der Waals surface area contributed by atoms with Gasteiger partial charge in [0.1, 0.15) is 0 Å². The lowest BCUT2D eigenvalue weighted by atomic mass is 9.96. The molecule has 0 fully saturated rings. The smallest absolute Gasteiger partial charge is 0.213 e. The summed E-state index contributed by atoms with van der Waals surface area (Å²) >= 11 is 0. The number of ether oxygens (including phenoxy) is 1. The third-order valence-electron chi connectivity index (χ3n) is 3.75. The number of pyridine rings is 1. The molecule has 0 aliphatic rings. The molecule has 2 N–H and O–H groups in total. The van der Waals surface area contributed by atoms with Crippen LogP contribution in [0.15, 0.2) is 30.3 Å². The largest absolute Gasteiger partial charge is 0.478 e. The molecule has 118 valence electrons. The van der Waals surface area contributed by atoms with Crippen molar-refractivity contribution in [1.29, 1.82) is 0 Å². The predicted molar refractivity (Wildman–Crippen MR) is 86.9 cm³/mol. The second-order valence-corrected chi connectivity index (χ2v) is 5.52. The SMILES string of the molecule is Cc1nc(OCC[C@@H](C)O)ccc1-c1cccc(CO)c1C. The molecule has 22 heavy (non-hydrogen) atoms. The molecule has 0 saturated carbocycles. The van der Waals surface area contributed by atoms with Crippen LogP contribution in [0.3, 0.4) is 0 Å². The number of hydrogen-bond donors (Lipinski definition) is 2. The van der Waals surface area contributed by atoms with Gasteiger partial charge >= 0.3 is 0 Å². The summed E-state index contributed by atoms with van der Waals surface area (Å²) in [6.45, 7) is 6.17. The standard InChI is InChI=1S/C18H23NO3/c1-12(21)9-10-22-18-8-7-17(14(3)19-18)16-6-4-5-15(11-20)13(16)2/h4-8,12,20-21H,9-11H2,1-3H3/t12-/m1/s1. The Morgan fingerprint density at radius 3 is 2.55 bits per heavy atom. The molecule has 1 aromatic heterocycles. The first-order chi connectivity index (χ1) is 10.5. The molecular weight excluding hydrogens is 278 g/mol. The van der Waals surface area contributed by atoms with Gasteiger partial charge in [-0.3, -0.25) is 0 Å². The lowest BCUT2D eigenvalue weighted by Crippen LogP contribution is -2.08. The van der Waals surface area contributed by atoms with Crippen molar-refractivity contribution in [2.24, 2.45) is 0 Å². The first-order valence-corrected chi connectivity index (χ1v) is 7.51. The quantitative estimate of drug-likeness (QED) is 0.861. The molecular formula is C18H23NO3. The molecule has 1 aromatic carbocycles. The maximum atomic E-state index is 9.39. The molecule has 1 heterocycles. The Labute approximate surface area is 131 Å². The van der Waals surface area contributed by atoms with Gasteiger partial charge in [0.05, 0.1) is 19.3 Å². The van der Waals surface area contributed by atoms with E-state index in [4.69, 9.17) is 4.74 Å². The second-order valence-electron chi connectivity index (χ2n) is 5.52. The highest BCUT2D eigenvalue weighted by atomic mass is 16.5. The maximum Gasteiger partial charge on any atom is 0.213 e.